The first-order valence-electron chi connectivity index (χ1n) is 11.5. The van der Waals surface area contributed by atoms with Crippen molar-refractivity contribution in [3.63, 3.8) is 0 Å². The number of anilines is 2. The third-order valence-corrected chi connectivity index (χ3v) is 6.88. The van der Waals surface area contributed by atoms with Gasteiger partial charge in [-0.3, -0.25) is 4.90 Å². The maximum absolute atomic E-state index is 14.7. The molecule has 176 valence electrons. The Balaban J connectivity index is 1.51. The Morgan fingerprint density at radius 1 is 0.941 bits per heavy atom. The second kappa shape index (κ2) is 9.14. The second-order valence-corrected chi connectivity index (χ2v) is 9.23. The minimum atomic E-state index is -0.462. The van der Waals surface area contributed by atoms with Gasteiger partial charge in [0.2, 0.25) is 0 Å². The van der Waals surface area contributed by atoms with Gasteiger partial charge in [0.1, 0.15) is 17.4 Å². The highest BCUT2D eigenvalue weighted by Crippen LogP contribution is 2.42. The number of benzene rings is 2. The van der Waals surface area contributed by atoms with Crippen molar-refractivity contribution in [3.8, 4) is 28.0 Å². The molecule has 3 heterocycles. The van der Waals surface area contributed by atoms with Gasteiger partial charge in [0, 0.05) is 50.6 Å². The summed E-state index contributed by atoms with van der Waals surface area (Å²) < 4.78 is 14.7. The van der Waals surface area contributed by atoms with E-state index in [1.54, 1.807) is 47.3 Å². The molecule has 0 bridgehead atoms. The van der Waals surface area contributed by atoms with Gasteiger partial charge in [-0.05, 0) is 66.8 Å². The molecular formula is C26H26ClFN4O2. The summed E-state index contributed by atoms with van der Waals surface area (Å²) in [5.41, 5.74) is 2.59. The van der Waals surface area contributed by atoms with Crippen molar-refractivity contribution in [3.05, 3.63) is 59.5 Å². The fraction of sp³-hybridized carbons (Fsp3) is 0.308. The van der Waals surface area contributed by atoms with Crippen LogP contribution in [-0.2, 0) is 0 Å². The first-order valence-corrected chi connectivity index (χ1v) is 11.9. The molecule has 0 saturated carbocycles. The van der Waals surface area contributed by atoms with Crippen LogP contribution in [0.25, 0.3) is 22.3 Å². The Morgan fingerprint density at radius 3 is 2.29 bits per heavy atom. The lowest BCUT2D eigenvalue weighted by Gasteiger charge is -2.28. The zero-order chi connectivity index (χ0) is 23.8. The van der Waals surface area contributed by atoms with Crippen LogP contribution in [0.2, 0.25) is 5.02 Å². The summed E-state index contributed by atoms with van der Waals surface area (Å²) in [7, 11) is 1.74. The molecule has 2 aliphatic heterocycles. The van der Waals surface area contributed by atoms with Gasteiger partial charge in [-0.15, -0.1) is 0 Å². The number of rotatable bonds is 4. The molecule has 2 saturated heterocycles. The van der Waals surface area contributed by atoms with E-state index in [9.17, 15) is 14.3 Å². The Hall–Kier alpha value is -3.32. The van der Waals surface area contributed by atoms with Crippen LogP contribution in [0.3, 0.4) is 0 Å². The Bertz CT molecular complexity index is 1250. The number of halogens is 2. The molecule has 1 aromatic heterocycles. The Labute approximate surface area is 203 Å². The van der Waals surface area contributed by atoms with Crippen LogP contribution < -0.4 is 9.80 Å². The number of amides is 2. The summed E-state index contributed by atoms with van der Waals surface area (Å²) in [5, 5.41) is 11.5. The van der Waals surface area contributed by atoms with Crippen molar-refractivity contribution in [2.24, 2.45) is 0 Å². The average molecular weight is 481 g/mol. The number of urea groups is 1. The summed E-state index contributed by atoms with van der Waals surface area (Å²) >= 11 is 6.53. The van der Waals surface area contributed by atoms with E-state index < -0.39 is 5.82 Å². The number of carbonyl (C=O) groups is 1. The monoisotopic (exact) mass is 480 g/mol. The first-order chi connectivity index (χ1) is 16.4. The quantitative estimate of drug-likeness (QED) is 0.514. The van der Waals surface area contributed by atoms with E-state index in [2.05, 4.69) is 9.88 Å². The molecule has 8 heteroatoms. The number of aromatic hydroxyl groups is 1. The molecule has 0 unspecified atom stereocenters. The van der Waals surface area contributed by atoms with Crippen LogP contribution in [0.15, 0.2) is 48.7 Å². The standard InChI is InChI=1S/C26H26ClFN4O2/c1-30-11-12-32(26(30)34)23-6-5-17(13-22(23)27)20-15-19(28)16-21(25(20)33)18-7-8-29-24(14-18)31-9-3-2-4-10-31/h5-8,13-16,33H,2-4,9-12H2,1H3. The van der Waals surface area contributed by atoms with E-state index in [0.717, 1.165) is 31.7 Å². The van der Waals surface area contributed by atoms with Crippen molar-refractivity contribution in [2.45, 2.75) is 19.3 Å². The van der Waals surface area contributed by atoms with E-state index in [1.807, 2.05) is 6.07 Å². The smallest absolute Gasteiger partial charge is 0.324 e. The van der Waals surface area contributed by atoms with Crippen molar-refractivity contribution in [2.75, 3.05) is 43.0 Å². The summed E-state index contributed by atoms with van der Waals surface area (Å²) in [6.45, 7) is 3.05. The highest BCUT2D eigenvalue weighted by atomic mass is 35.5. The number of likely N-dealkylation sites (N-methyl/N-ethyl adjacent to an activating group) is 1. The number of nitrogens with zero attached hydrogens (tertiary/aromatic N) is 4. The zero-order valence-corrected chi connectivity index (χ0v) is 19.7. The number of hydrogen-bond acceptors (Lipinski definition) is 4. The second-order valence-electron chi connectivity index (χ2n) is 8.82. The van der Waals surface area contributed by atoms with Crippen molar-refractivity contribution < 1.29 is 14.3 Å². The molecule has 34 heavy (non-hydrogen) atoms. The fourth-order valence-electron chi connectivity index (χ4n) is 4.69. The van der Waals surface area contributed by atoms with Crippen LogP contribution in [0.5, 0.6) is 5.75 Å². The lowest BCUT2D eigenvalue weighted by Crippen LogP contribution is -2.30. The predicted octanol–water partition coefficient (Wildman–Crippen LogP) is 5.78. The number of piperidine rings is 1. The number of aromatic nitrogens is 1. The predicted molar refractivity (Wildman–Crippen MR) is 133 cm³/mol. The van der Waals surface area contributed by atoms with Gasteiger partial charge in [-0.1, -0.05) is 17.7 Å². The van der Waals surface area contributed by atoms with Gasteiger partial charge in [-0.2, -0.15) is 0 Å². The van der Waals surface area contributed by atoms with Gasteiger partial charge < -0.3 is 14.9 Å². The number of pyridine rings is 1. The maximum Gasteiger partial charge on any atom is 0.324 e. The van der Waals surface area contributed by atoms with E-state index >= 15 is 0 Å². The molecule has 0 radical (unpaired) electrons. The number of carbonyl (C=O) groups excluding carboxylic acids is 1. The van der Waals surface area contributed by atoms with Crippen molar-refractivity contribution >= 4 is 29.1 Å². The molecule has 6 nitrogen and oxygen atoms in total. The SMILES string of the molecule is CN1CCN(c2ccc(-c3cc(F)cc(-c4ccnc(N5CCCCC5)c4)c3O)cc2Cl)C1=O. The largest absolute Gasteiger partial charge is 0.507 e. The molecule has 0 aliphatic carbocycles. The lowest BCUT2D eigenvalue weighted by molar-refractivity contribution is 0.229. The van der Waals surface area contributed by atoms with Crippen LogP contribution in [0, 0.1) is 5.82 Å². The molecule has 0 spiro atoms. The van der Waals surface area contributed by atoms with Gasteiger partial charge in [0.15, 0.2) is 0 Å². The highest BCUT2D eigenvalue weighted by molar-refractivity contribution is 6.34. The van der Waals surface area contributed by atoms with Crippen LogP contribution >= 0.6 is 11.6 Å². The topological polar surface area (TPSA) is 59.9 Å². The fourth-order valence-corrected chi connectivity index (χ4v) is 4.97. The minimum absolute atomic E-state index is 0.0296. The Kier molecular flexibility index (Phi) is 6.04. The van der Waals surface area contributed by atoms with Gasteiger partial charge in [-0.25, -0.2) is 14.2 Å². The number of phenolic OH excluding ortho intramolecular Hbond substituents is 1. The number of phenols is 1. The molecule has 2 fully saturated rings. The van der Waals surface area contributed by atoms with Crippen molar-refractivity contribution in [1.29, 1.82) is 0 Å². The van der Waals surface area contributed by atoms with Gasteiger partial charge in [0.25, 0.3) is 0 Å². The van der Waals surface area contributed by atoms with E-state index in [-0.39, 0.29) is 11.8 Å². The Morgan fingerprint density at radius 2 is 1.65 bits per heavy atom. The van der Waals surface area contributed by atoms with Gasteiger partial charge in [0.05, 0.1) is 10.7 Å². The lowest BCUT2D eigenvalue weighted by atomic mass is 9.97. The molecule has 2 amide bonds. The normalized spacial score (nSPS) is 16.4. The highest BCUT2D eigenvalue weighted by Gasteiger charge is 2.28. The third kappa shape index (κ3) is 4.16. The molecule has 1 N–H and O–H groups in total. The van der Waals surface area contributed by atoms with Gasteiger partial charge >= 0.3 is 6.03 Å². The molecule has 0 atom stereocenters. The maximum atomic E-state index is 14.7. The van der Waals surface area contributed by atoms with Crippen LogP contribution in [0.4, 0.5) is 20.7 Å². The summed E-state index contributed by atoms with van der Waals surface area (Å²) in [6, 6.07) is 11.3. The molecule has 2 aromatic carbocycles. The third-order valence-electron chi connectivity index (χ3n) is 6.58. The minimum Gasteiger partial charge on any atom is -0.507 e. The van der Waals surface area contributed by atoms with Crippen LogP contribution in [0.1, 0.15) is 19.3 Å². The molecule has 3 aromatic rings. The van der Waals surface area contributed by atoms with E-state index in [4.69, 9.17) is 11.6 Å². The van der Waals surface area contributed by atoms with E-state index in [1.165, 1.54) is 18.6 Å². The van der Waals surface area contributed by atoms with Crippen LogP contribution in [-0.4, -0.2) is 54.2 Å². The van der Waals surface area contributed by atoms with Crippen molar-refractivity contribution in [1.82, 2.24) is 9.88 Å². The summed E-state index contributed by atoms with van der Waals surface area (Å²) in [4.78, 5) is 22.3. The molecule has 5 rings (SSSR count). The average Bonchev–Trinajstić information content (AvgIpc) is 3.18. The number of hydrogen-bond donors (Lipinski definition) is 1. The summed E-state index contributed by atoms with van der Waals surface area (Å²) in [5.74, 6) is 0.337. The first kappa shape index (κ1) is 22.5. The summed E-state index contributed by atoms with van der Waals surface area (Å²) in [6.07, 6.45) is 5.15. The molecular weight excluding hydrogens is 455 g/mol. The molecule has 2 aliphatic rings. The zero-order valence-electron chi connectivity index (χ0n) is 19.0. The van der Waals surface area contributed by atoms with E-state index in [0.29, 0.717) is 46.1 Å².